The Morgan fingerprint density at radius 1 is 1.05 bits per heavy atom. The van der Waals surface area contributed by atoms with Gasteiger partial charge in [-0.1, -0.05) is 37.5 Å². The van der Waals surface area contributed by atoms with Gasteiger partial charge in [-0.15, -0.1) is 0 Å². The highest BCUT2D eigenvalue weighted by atomic mass is 16.5. The molecule has 1 aromatic heterocycles. The first kappa shape index (κ1) is 26.2. The number of amides is 2. The van der Waals surface area contributed by atoms with E-state index < -0.39 is 5.91 Å². The standard InChI is InChI=1S/C32H32N4O3/c1-4-39-26-15-16-27(21(2)17-26)30-23(20-35(34-30)24-11-7-5-8-12-24)18-28-22(3)29(19-33)32(38)36(31(28)37)25-13-9-6-10-14-25/h5,7-8,11-12,15-18,20,25H,4,6,9-10,13-14H2,1-3H3/b28-18+. The van der Waals surface area contributed by atoms with Crippen LogP contribution < -0.4 is 4.74 Å². The fraction of sp³-hybridized carbons (Fsp3) is 0.312. The Bertz CT molecular complexity index is 1520. The summed E-state index contributed by atoms with van der Waals surface area (Å²) < 4.78 is 7.47. The predicted molar refractivity (Wildman–Crippen MR) is 150 cm³/mol. The summed E-state index contributed by atoms with van der Waals surface area (Å²) in [7, 11) is 0. The number of hydrogen-bond donors (Lipinski definition) is 0. The summed E-state index contributed by atoms with van der Waals surface area (Å²) in [6.07, 6.45) is 8.25. The van der Waals surface area contributed by atoms with Crippen LogP contribution in [0.4, 0.5) is 0 Å². The van der Waals surface area contributed by atoms with E-state index in [0.29, 0.717) is 23.4 Å². The second kappa shape index (κ2) is 11.1. The smallest absolute Gasteiger partial charge is 0.271 e. The molecule has 0 bridgehead atoms. The van der Waals surface area contributed by atoms with Crippen molar-refractivity contribution in [3.63, 3.8) is 0 Å². The maximum Gasteiger partial charge on any atom is 0.271 e. The third kappa shape index (κ3) is 5.03. The molecule has 2 amide bonds. The molecule has 0 N–H and O–H groups in total. The highest BCUT2D eigenvalue weighted by Crippen LogP contribution is 2.35. The molecule has 0 saturated heterocycles. The number of rotatable bonds is 6. The van der Waals surface area contributed by atoms with Gasteiger partial charge in [0.1, 0.15) is 23.1 Å². The average Bonchev–Trinajstić information content (AvgIpc) is 3.36. The lowest BCUT2D eigenvalue weighted by Crippen LogP contribution is -2.49. The number of carbonyl (C=O) groups is 2. The van der Waals surface area contributed by atoms with Crippen molar-refractivity contribution in [2.45, 2.75) is 58.9 Å². The molecule has 0 spiro atoms. The Labute approximate surface area is 229 Å². The van der Waals surface area contributed by atoms with Gasteiger partial charge in [-0.2, -0.15) is 10.4 Å². The first-order chi connectivity index (χ1) is 18.9. The first-order valence-electron chi connectivity index (χ1n) is 13.5. The third-order valence-electron chi connectivity index (χ3n) is 7.54. The molecule has 1 fully saturated rings. The molecular weight excluding hydrogens is 488 g/mol. The molecule has 2 aromatic carbocycles. The van der Waals surface area contributed by atoms with Crippen molar-refractivity contribution in [3.05, 3.63) is 82.6 Å². The van der Waals surface area contributed by atoms with Gasteiger partial charge in [-0.25, -0.2) is 4.68 Å². The Morgan fingerprint density at radius 2 is 1.79 bits per heavy atom. The molecule has 39 heavy (non-hydrogen) atoms. The van der Waals surface area contributed by atoms with Gasteiger partial charge in [0.25, 0.3) is 11.8 Å². The van der Waals surface area contributed by atoms with Crippen molar-refractivity contribution in [1.29, 1.82) is 5.26 Å². The van der Waals surface area contributed by atoms with E-state index in [4.69, 9.17) is 9.84 Å². The van der Waals surface area contributed by atoms with Crippen molar-refractivity contribution >= 4 is 17.9 Å². The Morgan fingerprint density at radius 3 is 2.46 bits per heavy atom. The van der Waals surface area contributed by atoms with Crippen molar-refractivity contribution in [2.75, 3.05) is 6.61 Å². The van der Waals surface area contributed by atoms with Crippen LogP contribution in [0.1, 0.15) is 57.1 Å². The average molecular weight is 521 g/mol. The fourth-order valence-electron chi connectivity index (χ4n) is 5.50. The second-order valence-electron chi connectivity index (χ2n) is 10.1. The number of imide groups is 1. The van der Waals surface area contributed by atoms with Gasteiger partial charge in [0, 0.05) is 28.9 Å². The van der Waals surface area contributed by atoms with Crippen LogP contribution in [0, 0.1) is 18.3 Å². The SMILES string of the molecule is CCOc1ccc(-c2nn(-c3ccccc3)cc2/C=C2/C(=O)N(C3CCCCC3)C(=O)C(C#N)=C2C)c(C)c1. The Balaban J connectivity index is 1.67. The quantitative estimate of drug-likeness (QED) is 0.286. The molecule has 198 valence electrons. The predicted octanol–water partition coefficient (Wildman–Crippen LogP) is 6.17. The minimum atomic E-state index is -0.480. The minimum absolute atomic E-state index is 0.0284. The number of para-hydroxylation sites is 1. The highest BCUT2D eigenvalue weighted by Gasteiger charge is 2.40. The third-order valence-corrected chi connectivity index (χ3v) is 7.54. The van der Waals surface area contributed by atoms with Crippen LogP contribution in [-0.4, -0.2) is 39.1 Å². The molecular formula is C32H32N4O3. The van der Waals surface area contributed by atoms with E-state index in [2.05, 4.69) is 6.07 Å². The van der Waals surface area contributed by atoms with Crippen LogP contribution in [0.15, 0.2) is 71.4 Å². The zero-order chi connectivity index (χ0) is 27.5. The van der Waals surface area contributed by atoms with Crippen LogP contribution in [0.2, 0.25) is 0 Å². The van der Waals surface area contributed by atoms with Crippen LogP contribution in [0.5, 0.6) is 5.75 Å². The molecule has 1 aliphatic carbocycles. The van der Waals surface area contributed by atoms with E-state index in [1.54, 1.807) is 17.7 Å². The number of nitriles is 1. The summed E-state index contributed by atoms with van der Waals surface area (Å²) >= 11 is 0. The number of aromatic nitrogens is 2. The van der Waals surface area contributed by atoms with E-state index in [0.717, 1.165) is 60.2 Å². The molecule has 3 aromatic rings. The lowest BCUT2D eigenvalue weighted by molar-refractivity contribution is -0.143. The molecule has 7 nitrogen and oxygen atoms in total. The van der Waals surface area contributed by atoms with Gasteiger partial charge in [0.05, 0.1) is 12.3 Å². The zero-order valence-corrected chi connectivity index (χ0v) is 22.6. The summed E-state index contributed by atoms with van der Waals surface area (Å²) in [6.45, 7) is 6.21. The maximum absolute atomic E-state index is 13.9. The number of carbonyl (C=O) groups excluding carboxylic acids is 2. The zero-order valence-electron chi connectivity index (χ0n) is 22.6. The van der Waals surface area contributed by atoms with Gasteiger partial charge >= 0.3 is 0 Å². The second-order valence-corrected chi connectivity index (χ2v) is 10.1. The number of hydrogen-bond acceptors (Lipinski definition) is 5. The first-order valence-corrected chi connectivity index (χ1v) is 13.5. The summed E-state index contributed by atoms with van der Waals surface area (Å²) in [5.74, 6) is -0.0421. The van der Waals surface area contributed by atoms with E-state index in [-0.39, 0.29) is 17.5 Å². The van der Waals surface area contributed by atoms with Crippen molar-refractivity contribution in [2.24, 2.45) is 0 Å². The molecule has 0 atom stereocenters. The van der Waals surface area contributed by atoms with Crippen LogP contribution in [0.3, 0.4) is 0 Å². The maximum atomic E-state index is 13.9. The lowest BCUT2D eigenvalue weighted by atomic mass is 9.88. The largest absolute Gasteiger partial charge is 0.494 e. The number of benzene rings is 2. The topological polar surface area (TPSA) is 88.2 Å². The molecule has 1 saturated carbocycles. The minimum Gasteiger partial charge on any atom is -0.494 e. The Hall–Kier alpha value is -4.44. The van der Waals surface area contributed by atoms with Crippen LogP contribution in [-0.2, 0) is 9.59 Å². The molecule has 7 heteroatoms. The summed E-state index contributed by atoms with van der Waals surface area (Å²) in [4.78, 5) is 28.5. The van der Waals surface area contributed by atoms with Crippen molar-refractivity contribution in [1.82, 2.24) is 14.7 Å². The van der Waals surface area contributed by atoms with Crippen molar-refractivity contribution in [3.8, 4) is 28.8 Å². The van der Waals surface area contributed by atoms with Crippen LogP contribution >= 0.6 is 0 Å². The molecule has 2 heterocycles. The summed E-state index contributed by atoms with van der Waals surface area (Å²) in [5.41, 5.74) is 4.99. The molecule has 2 aliphatic rings. The fourth-order valence-corrected chi connectivity index (χ4v) is 5.50. The number of ether oxygens (including phenoxy) is 1. The van der Waals surface area contributed by atoms with Gasteiger partial charge in [0.15, 0.2) is 0 Å². The van der Waals surface area contributed by atoms with E-state index >= 15 is 0 Å². The molecule has 0 radical (unpaired) electrons. The molecule has 0 unspecified atom stereocenters. The van der Waals surface area contributed by atoms with Gasteiger partial charge in [0.2, 0.25) is 0 Å². The van der Waals surface area contributed by atoms with Crippen molar-refractivity contribution < 1.29 is 14.3 Å². The van der Waals surface area contributed by atoms with E-state index in [9.17, 15) is 14.9 Å². The Kier molecular flexibility index (Phi) is 7.47. The number of nitrogens with zero attached hydrogens (tertiary/aromatic N) is 4. The number of aryl methyl sites for hydroxylation is 1. The summed E-state index contributed by atoms with van der Waals surface area (Å²) in [6, 6.07) is 17.5. The monoisotopic (exact) mass is 520 g/mol. The molecule has 1 aliphatic heterocycles. The van der Waals surface area contributed by atoms with Gasteiger partial charge in [-0.05, 0) is 81.2 Å². The molecule has 5 rings (SSSR count). The normalized spacial score (nSPS) is 17.6. The van der Waals surface area contributed by atoms with Crippen LogP contribution in [0.25, 0.3) is 23.0 Å². The van der Waals surface area contributed by atoms with Gasteiger partial charge in [-0.3, -0.25) is 14.5 Å². The summed E-state index contributed by atoms with van der Waals surface area (Å²) in [5, 5.41) is 14.8. The lowest BCUT2D eigenvalue weighted by Gasteiger charge is -2.36. The van der Waals surface area contributed by atoms with E-state index in [1.165, 1.54) is 4.90 Å². The highest BCUT2D eigenvalue weighted by molar-refractivity contribution is 6.20. The van der Waals surface area contributed by atoms with Gasteiger partial charge < -0.3 is 4.74 Å². The van der Waals surface area contributed by atoms with E-state index in [1.807, 2.05) is 68.6 Å².